The van der Waals surface area contributed by atoms with Crippen molar-refractivity contribution in [1.29, 1.82) is 0 Å². The molecule has 1 saturated carbocycles. The van der Waals surface area contributed by atoms with Gasteiger partial charge < -0.3 is 14.4 Å². The van der Waals surface area contributed by atoms with E-state index in [0.29, 0.717) is 30.1 Å². The monoisotopic (exact) mass is 493 g/mol. The minimum Gasteiger partial charge on any atom is -0.469 e. The van der Waals surface area contributed by atoms with Crippen molar-refractivity contribution < 1.29 is 18.7 Å². The number of aromatic amines is 1. The molecule has 0 atom stereocenters. The minimum atomic E-state index is -0.284. The highest BCUT2D eigenvalue weighted by molar-refractivity contribution is 5.69. The first kappa shape index (κ1) is 24.4. The van der Waals surface area contributed by atoms with Gasteiger partial charge in [0.2, 0.25) is 0 Å². The summed E-state index contributed by atoms with van der Waals surface area (Å²) >= 11 is 0. The van der Waals surface area contributed by atoms with Crippen molar-refractivity contribution in [2.45, 2.75) is 57.2 Å². The number of hydrogen-bond donors (Lipinski definition) is 1. The third-order valence-corrected chi connectivity index (χ3v) is 7.24. The Hall–Kier alpha value is -3.33. The molecular weight excluding hydrogens is 461 g/mol. The number of ether oxygens (including phenoxy) is 2. The number of halogens is 1. The Bertz CT molecular complexity index is 1130. The molecule has 2 aliphatic rings. The van der Waals surface area contributed by atoms with Crippen LogP contribution in [0.4, 0.5) is 10.2 Å². The SMILES string of the molecule is COC(=O)CC1CCC(OC2CCN(c3ccc(-c4n[nH]c(-c5ccc(F)cc5)n4)cn3)CC2)CC1. The van der Waals surface area contributed by atoms with Crippen LogP contribution in [0.15, 0.2) is 42.6 Å². The molecule has 1 aromatic carbocycles. The number of methoxy groups -OCH3 is 1. The molecule has 3 heterocycles. The van der Waals surface area contributed by atoms with E-state index in [2.05, 4.69) is 25.1 Å². The van der Waals surface area contributed by atoms with Crippen LogP contribution in [-0.2, 0) is 14.3 Å². The maximum Gasteiger partial charge on any atom is 0.305 e. The summed E-state index contributed by atoms with van der Waals surface area (Å²) in [5, 5.41) is 7.21. The molecule has 2 fully saturated rings. The van der Waals surface area contributed by atoms with E-state index in [0.717, 1.165) is 68.6 Å². The number of anilines is 1. The number of hydrogen-bond acceptors (Lipinski definition) is 7. The van der Waals surface area contributed by atoms with Crippen LogP contribution >= 0.6 is 0 Å². The molecule has 9 heteroatoms. The van der Waals surface area contributed by atoms with E-state index in [1.54, 1.807) is 18.3 Å². The van der Waals surface area contributed by atoms with Crippen LogP contribution in [0.2, 0.25) is 0 Å². The lowest BCUT2D eigenvalue weighted by molar-refractivity contribution is -0.142. The smallest absolute Gasteiger partial charge is 0.305 e. The lowest BCUT2D eigenvalue weighted by Crippen LogP contribution is -2.39. The zero-order valence-corrected chi connectivity index (χ0v) is 20.5. The molecule has 5 rings (SSSR count). The number of piperidine rings is 1. The van der Waals surface area contributed by atoms with Crippen molar-refractivity contribution in [3.63, 3.8) is 0 Å². The van der Waals surface area contributed by atoms with Gasteiger partial charge in [-0.3, -0.25) is 9.89 Å². The minimum absolute atomic E-state index is 0.108. The van der Waals surface area contributed by atoms with Gasteiger partial charge in [0, 0.05) is 36.8 Å². The second kappa shape index (κ2) is 11.2. The molecule has 2 aromatic heterocycles. The quantitative estimate of drug-likeness (QED) is 0.474. The molecule has 0 unspecified atom stereocenters. The number of rotatable bonds is 7. The number of pyridine rings is 1. The predicted molar refractivity (Wildman–Crippen MR) is 134 cm³/mol. The molecular formula is C27H32FN5O3. The molecule has 36 heavy (non-hydrogen) atoms. The highest BCUT2D eigenvalue weighted by atomic mass is 19.1. The highest BCUT2D eigenvalue weighted by Gasteiger charge is 2.28. The summed E-state index contributed by atoms with van der Waals surface area (Å²) in [6.07, 6.45) is 8.97. The van der Waals surface area contributed by atoms with Gasteiger partial charge in [-0.25, -0.2) is 14.4 Å². The number of esters is 1. The van der Waals surface area contributed by atoms with Gasteiger partial charge >= 0.3 is 5.97 Å². The van der Waals surface area contributed by atoms with Crippen LogP contribution in [0.1, 0.15) is 44.9 Å². The van der Waals surface area contributed by atoms with Crippen LogP contribution in [0, 0.1) is 11.7 Å². The standard InChI is InChI=1S/C27H32FN5O3/c1-35-25(34)16-18-2-9-22(10-3-18)36-23-12-14-33(15-13-23)24-11-6-20(17-29-24)27-30-26(31-32-27)19-4-7-21(28)8-5-19/h4-8,11,17-18,22-23H,2-3,9-10,12-16H2,1H3,(H,30,31,32). The topological polar surface area (TPSA) is 93.2 Å². The van der Waals surface area contributed by atoms with E-state index in [9.17, 15) is 9.18 Å². The summed E-state index contributed by atoms with van der Waals surface area (Å²) in [7, 11) is 1.45. The van der Waals surface area contributed by atoms with Gasteiger partial charge in [0.1, 0.15) is 11.6 Å². The Morgan fingerprint density at radius 3 is 2.36 bits per heavy atom. The maximum absolute atomic E-state index is 13.2. The summed E-state index contributed by atoms with van der Waals surface area (Å²) in [6.45, 7) is 1.81. The largest absolute Gasteiger partial charge is 0.469 e. The van der Waals surface area contributed by atoms with Gasteiger partial charge in [-0.05, 0) is 80.8 Å². The molecule has 190 valence electrons. The molecule has 8 nitrogen and oxygen atoms in total. The van der Waals surface area contributed by atoms with Crippen molar-refractivity contribution in [2.24, 2.45) is 5.92 Å². The van der Waals surface area contributed by atoms with Crippen molar-refractivity contribution in [2.75, 3.05) is 25.1 Å². The van der Waals surface area contributed by atoms with E-state index in [1.165, 1.54) is 19.2 Å². The molecule has 1 aliphatic heterocycles. The van der Waals surface area contributed by atoms with Gasteiger partial charge in [0.15, 0.2) is 11.6 Å². The van der Waals surface area contributed by atoms with Gasteiger partial charge in [0.05, 0.1) is 19.3 Å². The number of H-pyrrole nitrogens is 1. The highest BCUT2D eigenvalue weighted by Crippen LogP contribution is 2.31. The van der Waals surface area contributed by atoms with Crippen LogP contribution < -0.4 is 4.90 Å². The van der Waals surface area contributed by atoms with E-state index < -0.39 is 0 Å². The number of carbonyl (C=O) groups is 1. The summed E-state index contributed by atoms with van der Waals surface area (Å²) < 4.78 is 24.4. The molecule has 0 bridgehead atoms. The third-order valence-electron chi connectivity index (χ3n) is 7.24. The van der Waals surface area contributed by atoms with Gasteiger partial charge in [0.25, 0.3) is 0 Å². The first-order chi connectivity index (χ1) is 17.6. The first-order valence-electron chi connectivity index (χ1n) is 12.7. The van der Waals surface area contributed by atoms with Crippen molar-refractivity contribution in [3.05, 3.63) is 48.4 Å². The first-order valence-corrected chi connectivity index (χ1v) is 12.7. The van der Waals surface area contributed by atoms with E-state index >= 15 is 0 Å². The lowest BCUT2D eigenvalue weighted by atomic mass is 9.85. The normalized spacial score (nSPS) is 20.9. The summed E-state index contributed by atoms with van der Waals surface area (Å²) in [6, 6.07) is 10.1. The van der Waals surface area contributed by atoms with Crippen molar-refractivity contribution in [1.82, 2.24) is 20.2 Å². The Balaban J connectivity index is 1.10. The predicted octanol–water partition coefficient (Wildman–Crippen LogP) is 4.78. The van der Waals surface area contributed by atoms with Crippen LogP contribution in [0.25, 0.3) is 22.8 Å². The van der Waals surface area contributed by atoms with E-state index in [-0.39, 0.29) is 17.9 Å². The van der Waals surface area contributed by atoms with Crippen LogP contribution in [0.5, 0.6) is 0 Å². The number of nitrogens with zero attached hydrogens (tertiary/aromatic N) is 4. The number of aromatic nitrogens is 4. The molecule has 1 N–H and O–H groups in total. The number of benzene rings is 1. The summed E-state index contributed by atoms with van der Waals surface area (Å²) in [4.78, 5) is 23.0. The van der Waals surface area contributed by atoms with Gasteiger partial charge in [-0.1, -0.05) is 0 Å². The van der Waals surface area contributed by atoms with Crippen LogP contribution in [0.3, 0.4) is 0 Å². The molecule has 0 radical (unpaired) electrons. The Kier molecular flexibility index (Phi) is 7.55. The van der Waals surface area contributed by atoms with E-state index in [1.807, 2.05) is 12.1 Å². The van der Waals surface area contributed by atoms with Crippen LogP contribution in [-0.4, -0.2) is 58.5 Å². The fraction of sp³-hybridized carbons (Fsp3) is 0.481. The zero-order chi connectivity index (χ0) is 24.9. The van der Waals surface area contributed by atoms with Gasteiger partial charge in [-0.15, -0.1) is 0 Å². The average molecular weight is 494 g/mol. The lowest BCUT2D eigenvalue weighted by Gasteiger charge is -2.36. The fourth-order valence-corrected chi connectivity index (χ4v) is 5.12. The number of nitrogens with one attached hydrogen (secondary N) is 1. The molecule has 1 saturated heterocycles. The third kappa shape index (κ3) is 5.90. The van der Waals surface area contributed by atoms with Crippen molar-refractivity contribution >= 4 is 11.8 Å². The summed E-state index contributed by atoms with van der Waals surface area (Å²) in [5.74, 6) is 2.13. The fourth-order valence-electron chi connectivity index (χ4n) is 5.12. The maximum atomic E-state index is 13.2. The average Bonchev–Trinajstić information content (AvgIpc) is 3.41. The van der Waals surface area contributed by atoms with Crippen molar-refractivity contribution in [3.8, 4) is 22.8 Å². The summed E-state index contributed by atoms with van der Waals surface area (Å²) in [5.41, 5.74) is 1.60. The molecule has 0 spiro atoms. The van der Waals surface area contributed by atoms with E-state index in [4.69, 9.17) is 9.47 Å². The zero-order valence-electron chi connectivity index (χ0n) is 20.5. The second-order valence-electron chi connectivity index (χ2n) is 9.67. The second-order valence-corrected chi connectivity index (χ2v) is 9.67. The number of carbonyl (C=O) groups excluding carboxylic acids is 1. The molecule has 1 aliphatic carbocycles. The molecule has 0 amide bonds. The Morgan fingerprint density at radius 2 is 1.69 bits per heavy atom. The Labute approximate surface area is 210 Å². The Morgan fingerprint density at radius 1 is 1.00 bits per heavy atom. The van der Waals surface area contributed by atoms with Gasteiger partial charge in [-0.2, -0.15) is 5.10 Å². The molecule has 3 aromatic rings.